The molecule has 2 saturated heterocycles. The highest BCUT2D eigenvalue weighted by Crippen LogP contribution is 2.36. The third-order valence-electron chi connectivity index (χ3n) is 4.38. The molecule has 0 radical (unpaired) electrons. The molecule has 1 unspecified atom stereocenters. The molecule has 0 aromatic carbocycles. The minimum absolute atomic E-state index is 0.00623. The van der Waals surface area contributed by atoms with E-state index in [1.54, 1.807) is 17.5 Å². The third-order valence-corrected chi connectivity index (χ3v) is 5.11. The van der Waals surface area contributed by atoms with Gasteiger partial charge in [-0.3, -0.25) is 4.90 Å². The van der Waals surface area contributed by atoms with Crippen LogP contribution in [0.25, 0.3) is 0 Å². The topological polar surface area (TPSA) is 34.6 Å². The number of rotatable bonds is 4. The second kappa shape index (κ2) is 5.99. The van der Waals surface area contributed by atoms with Crippen molar-refractivity contribution in [3.8, 4) is 5.88 Å². The van der Waals surface area contributed by atoms with Crippen molar-refractivity contribution < 1.29 is 9.47 Å². The molecule has 1 spiro atoms. The summed E-state index contributed by atoms with van der Waals surface area (Å²) in [6.45, 7) is 3.82. The van der Waals surface area contributed by atoms with Crippen LogP contribution in [0.2, 0.25) is 0 Å². The molecule has 2 aliphatic rings. The van der Waals surface area contributed by atoms with Crippen molar-refractivity contribution in [3.63, 3.8) is 0 Å². The molecule has 22 heavy (non-hydrogen) atoms. The normalized spacial score (nSPS) is 24.1. The highest BCUT2D eigenvalue weighted by molar-refractivity contribution is 7.07. The maximum absolute atomic E-state index is 6.08. The van der Waals surface area contributed by atoms with Gasteiger partial charge in [0.1, 0.15) is 6.10 Å². The Kier molecular flexibility index (Phi) is 3.86. The Morgan fingerprint density at radius 2 is 2.32 bits per heavy atom. The summed E-state index contributed by atoms with van der Waals surface area (Å²) in [5, 5.41) is 4.36. The summed E-state index contributed by atoms with van der Waals surface area (Å²) in [7, 11) is 0. The van der Waals surface area contributed by atoms with Crippen LogP contribution in [0.5, 0.6) is 5.88 Å². The van der Waals surface area contributed by atoms with Gasteiger partial charge in [0, 0.05) is 44.7 Å². The number of nitrogens with zero attached hydrogens (tertiary/aromatic N) is 2. The van der Waals surface area contributed by atoms with Gasteiger partial charge < -0.3 is 9.47 Å². The van der Waals surface area contributed by atoms with Gasteiger partial charge in [-0.25, -0.2) is 4.98 Å². The zero-order valence-corrected chi connectivity index (χ0v) is 13.3. The molecule has 0 aliphatic carbocycles. The molecule has 2 aromatic rings. The predicted octanol–water partition coefficient (Wildman–Crippen LogP) is 2.96. The van der Waals surface area contributed by atoms with Crippen molar-refractivity contribution in [1.29, 1.82) is 0 Å². The second-order valence-corrected chi connectivity index (χ2v) is 6.99. The SMILES string of the molecule is c1ccc(OC2CCOC3(C2)CN(Cc2ccsc2)C3)nc1. The van der Waals surface area contributed by atoms with Crippen molar-refractivity contribution in [2.75, 3.05) is 19.7 Å². The number of ether oxygens (including phenoxy) is 2. The molecular weight excluding hydrogens is 296 g/mol. The lowest BCUT2D eigenvalue weighted by Gasteiger charge is -2.53. The first kappa shape index (κ1) is 14.2. The fourth-order valence-corrected chi connectivity index (χ4v) is 4.07. The fraction of sp³-hybridized carbons (Fsp3) is 0.471. The van der Waals surface area contributed by atoms with Crippen molar-refractivity contribution in [3.05, 3.63) is 46.8 Å². The highest BCUT2D eigenvalue weighted by Gasteiger charge is 2.48. The van der Waals surface area contributed by atoms with Crippen LogP contribution in [0.15, 0.2) is 41.2 Å². The van der Waals surface area contributed by atoms with E-state index in [0.717, 1.165) is 45.0 Å². The molecular formula is C17H20N2O2S. The quantitative estimate of drug-likeness (QED) is 0.868. The Hall–Kier alpha value is -1.43. The van der Waals surface area contributed by atoms with Crippen molar-refractivity contribution in [2.24, 2.45) is 0 Å². The summed E-state index contributed by atoms with van der Waals surface area (Å²) in [6, 6.07) is 7.99. The molecule has 4 nitrogen and oxygen atoms in total. The van der Waals surface area contributed by atoms with E-state index >= 15 is 0 Å². The maximum atomic E-state index is 6.08. The Morgan fingerprint density at radius 3 is 3.09 bits per heavy atom. The molecule has 0 saturated carbocycles. The summed E-state index contributed by atoms with van der Waals surface area (Å²) in [5.74, 6) is 0.721. The maximum Gasteiger partial charge on any atom is 0.213 e. The third kappa shape index (κ3) is 3.02. The van der Waals surface area contributed by atoms with Crippen LogP contribution in [0.1, 0.15) is 18.4 Å². The number of hydrogen-bond donors (Lipinski definition) is 0. The van der Waals surface area contributed by atoms with Gasteiger partial charge >= 0.3 is 0 Å². The molecule has 4 heterocycles. The lowest BCUT2D eigenvalue weighted by atomic mass is 9.84. The molecule has 4 rings (SSSR count). The summed E-state index contributed by atoms with van der Waals surface area (Å²) in [6.07, 6.45) is 3.90. The first-order valence-corrected chi connectivity index (χ1v) is 8.71. The monoisotopic (exact) mass is 316 g/mol. The van der Waals surface area contributed by atoms with Gasteiger partial charge in [0.25, 0.3) is 0 Å². The predicted molar refractivity (Wildman–Crippen MR) is 86.2 cm³/mol. The van der Waals surface area contributed by atoms with E-state index in [9.17, 15) is 0 Å². The Bertz CT molecular complexity index is 596. The van der Waals surface area contributed by atoms with Gasteiger partial charge in [-0.2, -0.15) is 11.3 Å². The summed E-state index contributed by atoms with van der Waals surface area (Å²) < 4.78 is 12.1. The molecule has 1 atom stereocenters. The Morgan fingerprint density at radius 1 is 1.36 bits per heavy atom. The average Bonchev–Trinajstić information content (AvgIpc) is 3.00. The number of thiophene rings is 1. The summed E-state index contributed by atoms with van der Waals surface area (Å²) >= 11 is 1.76. The molecule has 0 N–H and O–H groups in total. The average molecular weight is 316 g/mol. The minimum Gasteiger partial charge on any atom is -0.474 e. The van der Waals surface area contributed by atoms with Gasteiger partial charge in [0.2, 0.25) is 5.88 Å². The fourth-order valence-electron chi connectivity index (χ4n) is 3.41. The minimum atomic E-state index is -0.00623. The number of hydrogen-bond acceptors (Lipinski definition) is 5. The van der Waals surface area contributed by atoms with E-state index in [1.165, 1.54) is 5.56 Å². The van der Waals surface area contributed by atoms with Crippen LogP contribution in [0.3, 0.4) is 0 Å². The van der Waals surface area contributed by atoms with Gasteiger partial charge in [0.05, 0.1) is 12.2 Å². The van der Waals surface area contributed by atoms with E-state index in [1.807, 2.05) is 18.2 Å². The van der Waals surface area contributed by atoms with Crippen LogP contribution < -0.4 is 4.74 Å². The van der Waals surface area contributed by atoms with Crippen molar-refractivity contribution in [2.45, 2.75) is 31.1 Å². The molecule has 0 bridgehead atoms. The van der Waals surface area contributed by atoms with Gasteiger partial charge in [-0.1, -0.05) is 6.07 Å². The first-order chi connectivity index (χ1) is 10.8. The molecule has 2 aliphatic heterocycles. The van der Waals surface area contributed by atoms with Crippen LogP contribution in [-0.2, 0) is 11.3 Å². The Balaban J connectivity index is 1.32. The zero-order chi connectivity index (χ0) is 14.8. The lowest BCUT2D eigenvalue weighted by molar-refractivity contribution is -0.188. The molecule has 2 fully saturated rings. The largest absolute Gasteiger partial charge is 0.474 e. The van der Waals surface area contributed by atoms with Gasteiger partial charge in [-0.05, 0) is 28.5 Å². The number of likely N-dealkylation sites (tertiary alicyclic amines) is 1. The smallest absolute Gasteiger partial charge is 0.213 e. The van der Waals surface area contributed by atoms with Crippen molar-refractivity contribution >= 4 is 11.3 Å². The van der Waals surface area contributed by atoms with E-state index in [-0.39, 0.29) is 11.7 Å². The standard InChI is InChI=1S/C17H20N2O2S/c1-2-6-18-16(3-1)21-15-4-7-20-17(9-15)12-19(13-17)10-14-5-8-22-11-14/h1-3,5-6,8,11,15H,4,7,9-10,12-13H2. The Labute approximate surface area is 134 Å². The number of pyridine rings is 1. The molecule has 116 valence electrons. The van der Waals surface area contributed by atoms with Crippen LogP contribution >= 0.6 is 11.3 Å². The molecule has 5 heteroatoms. The summed E-state index contributed by atoms with van der Waals surface area (Å²) in [5.41, 5.74) is 1.39. The van der Waals surface area contributed by atoms with E-state index in [0.29, 0.717) is 0 Å². The number of aromatic nitrogens is 1. The van der Waals surface area contributed by atoms with Crippen molar-refractivity contribution in [1.82, 2.24) is 9.88 Å². The summed E-state index contributed by atoms with van der Waals surface area (Å²) in [4.78, 5) is 6.71. The van der Waals surface area contributed by atoms with Gasteiger partial charge in [0.15, 0.2) is 0 Å². The lowest BCUT2D eigenvalue weighted by Crippen LogP contribution is -2.65. The molecule has 0 amide bonds. The molecule has 2 aromatic heterocycles. The first-order valence-electron chi connectivity index (χ1n) is 7.76. The van der Waals surface area contributed by atoms with Crippen LogP contribution in [0.4, 0.5) is 0 Å². The van der Waals surface area contributed by atoms with Crippen LogP contribution in [-0.4, -0.2) is 41.3 Å². The van der Waals surface area contributed by atoms with E-state index in [4.69, 9.17) is 9.47 Å². The highest BCUT2D eigenvalue weighted by atomic mass is 32.1. The second-order valence-electron chi connectivity index (χ2n) is 6.21. The van der Waals surface area contributed by atoms with E-state index < -0.39 is 0 Å². The zero-order valence-electron chi connectivity index (χ0n) is 12.5. The van der Waals surface area contributed by atoms with E-state index in [2.05, 4.69) is 26.7 Å². The van der Waals surface area contributed by atoms with Gasteiger partial charge in [-0.15, -0.1) is 0 Å². The van der Waals surface area contributed by atoms with Crippen LogP contribution in [0, 0.1) is 0 Å².